The Morgan fingerprint density at radius 1 is 1.00 bits per heavy atom. The quantitative estimate of drug-likeness (QED) is 0.625. The molecule has 1 atom stereocenters. The van der Waals surface area contributed by atoms with E-state index in [0.29, 0.717) is 11.5 Å². The van der Waals surface area contributed by atoms with E-state index >= 15 is 0 Å². The van der Waals surface area contributed by atoms with Crippen LogP contribution in [0.2, 0.25) is 0 Å². The molecule has 0 aliphatic carbocycles. The van der Waals surface area contributed by atoms with Gasteiger partial charge in [-0.05, 0) is 30.6 Å². The molecule has 15 heavy (non-hydrogen) atoms. The Morgan fingerprint density at radius 2 is 1.53 bits per heavy atom. The van der Waals surface area contributed by atoms with Crippen molar-refractivity contribution in [3.63, 3.8) is 0 Å². The van der Waals surface area contributed by atoms with E-state index in [-0.39, 0.29) is 5.41 Å². The summed E-state index contributed by atoms with van der Waals surface area (Å²) in [5.41, 5.74) is 0.723. The molecule has 1 heteroatoms. The van der Waals surface area contributed by atoms with Crippen LogP contribution < -0.4 is 0 Å². The Hall–Kier alpha value is -0.0400. The Bertz CT molecular complexity index is 165. The normalized spacial score (nSPS) is 15.4. The van der Waals surface area contributed by atoms with Crippen LogP contribution in [0.5, 0.6) is 0 Å². The summed E-state index contributed by atoms with van der Waals surface area (Å²) in [4.78, 5) is 0. The summed E-state index contributed by atoms with van der Waals surface area (Å²) < 4.78 is 5.85. The zero-order valence-corrected chi connectivity index (χ0v) is 11.8. The molecule has 0 aromatic rings. The summed E-state index contributed by atoms with van der Waals surface area (Å²) in [7, 11) is 0. The topological polar surface area (TPSA) is 9.23 Å². The average molecular weight is 214 g/mol. The van der Waals surface area contributed by atoms with Crippen LogP contribution >= 0.6 is 0 Å². The monoisotopic (exact) mass is 214 g/mol. The molecule has 0 aliphatic rings. The van der Waals surface area contributed by atoms with Crippen molar-refractivity contribution in [2.24, 2.45) is 10.8 Å². The molecule has 1 nitrogen and oxygen atoms in total. The van der Waals surface area contributed by atoms with Crippen LogP contribution in [0.4, 0.5) is 0 Å². The van der Waals surface area contributed by atoms with Crippen molar-refractivity contribution in [2.45, 2.75) is 73.8 Å². The predicted molar refractivity (Wildman–Crippen MR) is 68.2 cm³/mol. The van der Waals surface area contributed by atoms with Crippen molar-refractivity contribution in [3.8, 4) is 0 Å². The first kappa shape index (κ1) is 15.0. The van der Waals surface area contributed by atoms with Gasteiger partial charge in [-0.1, -0.05) is 48.0 Å². The summed E-state index contributed by atoms with van der Waals surface area (Å²) in [5, 5.41) is 0. The van der Waals surface area contributed by atoms with Gasteiger partial charge in [-0.2, -0.15) is 0 Å². The fraction of sp³-hybridized carbons (Fsp3) is 1.00. The van der Waals surface area contributed by atoms with Gasteiger partial charge in [-0.3, -0.25) is 0 Å². The van der Waals surface area contributed by atoms with Gasteiger partial charge in [0, 0.05) is 6.61 Å². The maximum atomic E-state index is 5.85. The fourth-order valence-corrected chi connectivity index (χ4v) is 1.67. The first-order valence-electron chi connectivity index (χ1n) is 6.34. The van der Waals surface area contributed by atoms with Gasteiger partial charge in [0.15, 0.2) is 0 Å². The molecular weight excluding hydrogens is 184 g/mol. The SMILES string of the molecule is CCOC(CCC(C)(C)CC)C(C)(C)C. The van der Waals surface area contributed by atoms with Gasteiger partial charge in [-0.15, -0.1) is 0 Å². The summed E-state index contributed by atoms with van der Waals surface area (Å²) in [6, 6.07) is 0. The fourth-order valence-electron chi connectivity index (χ4n) is 1.67. The van der Waals surface area contributed by atoms with Crippen LogP contribution in [0.25, 0.3) is 0 Å². The molecule has 0 rings (SSSR count). The van der Waals surface area contributed by atoms with E-state index < -0.39 is 0 Å². The molecule has 0 fully saturated rings. The first-order chi connectivity index (χ1) is 6.73. The van der Waals surface area contributed by atoms with Crippen molar-refractivity contribution in [3.05, 3.63) is 0 Å². The van der Waals surface area contributed by atoms with Gasteiger partial charge in [-0.25, -0.2) is 0 Å². The molecule has 1 unspecified atom stereocenters. The number of hydrogen-bond acceptors (Lipinski definition) is 1. The minimum Gasteiger partial charge on any atom is -0.378 e. The standard InChI is InChI=1S/C14H30O/c1-8-14(6,7)11-10-12(15-9-2)13(3,4)5/h12H,8-11H2,1-7H3. The van der Waals surface area contributed by atoms with Crippen LogP contribution in [0.1, 0.15) is 67.7 Å². The Morgan fingerprint density at radius 3 is 1.87 bits per heavy atom. The number of hydrogen-bond donors (Lipinski definition) is 0. The lowest BCUT2D eigenvalue weighted by atomic mass is 9.79. The van der Waals surface area contributed by atoms with Crippen LogP contribution in [0.15, 0.2) is 0 Å². The predicted octanol–water partition coefficient (Wildman–Crippen LogP) is 4.65. The molecule has 0 aromatic heterocycles. The minimum absolute atomic E-state index is 0.264. The lowest BCUT2D eigenvalue weighted by Gasteiger charge is -2.33. The van der Waals surface area contributed by atoms with Gasteiger partial charge in [0.25, 0.3) is 0 Å². The molecule has 0 heterocycles. The van der Waals surface area contributed by atoms with Gasteiger partial charge < -0.3 is 4.74 Å². The van der Waals surface area contributed by atoms with Crippen LogP contribution in [0, 0.1) is 10.8 Å². The highest BCUT2D eigenvalue weighted by Crippen LogP contribution is 2.32. The number of rotatable bonds is 6. The molecule has 0 aromatic carbocycles. The highest BCUT2D eigenvalue weighted by Gasteiger charge is 2.27. The molecule has 92 valence electrons. The second-order valence-electron chi connectivity index (χ2n) is 6.37. The minimum atomic E-state index is 0.264. The Balaban J connectivity index is 4.19. The number of ether oxygens (including phenoxy) is 1. The van der Waals surface area contributed by atoms with E-state index in [0.717, 1.165) is 6.61 Å². The molecule has 0 radical (unpaired) electrons. The summed E-state index contributed by atoms with van der Waals surface area (Å²) in [6.45, 7) is 16.7. The highest BCUT2D eigenvalue weighted by atomic mass is 16.5. The Labute approximate surface area is 96.6 Å². The molecule has 0 spiro atoms. The third-order valence-electron chi connectivity index (χ3n) is 3.37. The van der Waals surface area contributed by atoms with Crippen molar-refractivity contribution >= 4 is 0 Å². The lowest BCUT2D eigenvalue weighted by Crippen LogP contribution is -2.30. The van der Waals surface area contributed by atoms with E-state index in [1.165, 1.54) is 19.3 Å². The Kier molecular flexibility index (Phi) is 5.87. The van der Waals surface area contributed by atoms with E-state index in [4.69, 9.17) is 4.74 Å². The van der Waals surface area contributed by atoms with Crippen molar-refractivity contribution in [1.82, 2.24) is 0 Å². The van der Waals surface area contributed by atoms with Gasteiger partial charge >= 0.3 is 0 Å². The van der Waals surface area contributed by atoms with E-state index in [9.17, 15) is 0 Å². The average Bonchev–Trinajstić information content (AvgIpc) is 2.10. The van der Waals surface area contributed by atoms with Crippen molar-refractivity contribution in [1.29, 1.82) is 0 Å². The lowest BCUT2D eigenvalue weighted by molar-refractivity contribution is -0.0231. The van der Waals surface area contributed by atoms with Crippen LogP contribution in [0.3, 0.4) is 0 Å². The smallest absolute Gasteiger partial charge is 0.0623 e. The maximum Gasteiger partial charge on any atom is 0.0623 e. The summed E-state index contributed by atoms with van der Waals surface area (Å²) >= 11 is 0. The molecular formula is C14H30O. The maximum absolute atomic E-state index is 5.85. The molecule has 0 bridgehead atoms. The largest absolute Gasteiger partial charge is 0.378 e. The highest BCUT2D eigenvalue weighted by molar-refractivity contribution is 4.77. The second-order valence-corrected chi connectivity index (χ2v) is 6.37. The van der Waals surface area contributed by atoms with Crippen LogP contribution in [-0.2, 0) is 4.74 Å². The van der Waals surface area contributed by atoms with Crippen molar-refractivity contribution in [2.75, 3.05) is 6.61 Å². The first-order valence-corrected chi connectivity index (χ1v) is 6.34. The zero-order chi connectivity index (χ0) is 12.1. The van der Waals surface area contributed by atoms with Gasteiger partial charge in [0.1, 0.15) is 0 Å². The van der Waals surface area contributed by atoms with Gasteiger partial charge in [0.2, 0.25) is 0 Å². The molecule has 0 aliphatic heterocycles. The second kappa shape index (κ2) is 5.89. The van der Waals surface area contributed by atoms with E-state index in [1.54, 1.807) is 0 Å². The van der Waals surface area contributed by atoms with E-state index in [2.05, 4.69) is 48.5 Å². The third kappa shape index (κ3) is 6.19. The summed E-state index contributed by atoms with van der Waals surface area (Å²) in [6.07, 6.45) is 4.08. The van der Waals surface area contributed by atoms with Crippen molar-refractivity contribution < 1.29 is 4.74 Å². The molecule has 0 saturated carbocycles. The van der Waals surface area contributed by atoms with Crippen LogP contribution in [-0.4, -0.2) is 12.7 Å². The molecule has 0 N–H and O–H groups in total. The van der Waals surface area contributed by atoms with Gasteiger partial charge in [0.05, 0.1) is 6.10 Å². The molecule has 0 amide bonds. The third-order valence-corrected chi connectivity index (χ3v) is 3.37. The zero-order valence-electron chi connectivity index (χ0n) is 11.8. The summed E-state index contributed by atoms with van der Waals surface area (Å²) in [5.74, 6) is 0. The molecule has 0 saturated heterocycles. The van der Waals surface area contributed by atoms with E-state index in [1.807, 2.05) is 0 Å².